The molecule has 23 heavy (non-hydrogen) atoms. The number of morpholine rings is 1. The van der Waals surface area contributed by atoms with Crippen LogP contribution >= 0.6 is 0 Å². The van der Waals surface area contributed by atoms with Gasteiger partial charge >= 0.3 is 6.03 Å². The Kier molecular flexibility index (Phi) is 6.21. The molecule has 1 saturated heterocycles. The van der Waals surface area contributed by atoms with E-state index in [1.165, 1.54) is 0 Å². The Balaban J connectivity index is 2.04. The number of nitrogens with zero attached hydrogens (tertiary/aromatic N) is 2. The van der Waals surface area contributed by atoms with Gasteiger partial charge < -0.3 is 19.7 Å². The highest BCUT2D eigenvalue weighted by atomic mass is 16.5. The first kappa shape index (κ1) is 17.5. The number of hydrogen-bond acceptors (Lipinski definition) is 4. The standard InChI is InChI=1S/C17H27N3O3/c1-12(2)9-14-11-23-8-7-20(14)17(21)19-13(3)15-5-6-18-10-16(15)22-4/h5-6,10,12-14H,7-9,11H2,1-4H3,(H,19,21)/t13?,14-/m0/s1. The number of rotatable bonds is 5. The van der Waals surface area contributed by atoms with Crippen molar-refractivity contribution in [1.82, 2.24) is 15.2 Å². The number of urea groups is 1. The average Bonchev–Trinajstić information content (AvgIpc) is 2.54. The normalized spacial score (nSPS) is 19.5. The van der Waals surface area contributed by atoms with Gasteiger partial charge in [-0.2, -0.15) is 0 Å². The summed E-state index contributed by atoms with van der Waals surface area (Å²) in [7, 11) is 1.61. The number of pyridine rings is 1. The molecule has 0 aliphatic carbocycles. The molecular weight excluding hydrogens is 294 g/mol. The maximum absolute atomic E-state index is 12.7. The number of carbonyl (C=O) groups is 1. The Hall–Kier alpha value is -1.82. The van der Waals surface area contributed by atoms with Gasteiger partial charge in [-0.25, -0.2) is 4.79 Å². The lowest BCUT2D eigenvalue weighted by molar-refractivity contribution is 0.00508. The molecular formula is C17H27N3O3. The summed E-state index contributed by atoms with van der Waals surface area (Å²) >= 11 is 0. The van der Waals surface area contributed by atoms with E-state index in [1.54, 1.807) is 19.5 Å². The highest BCUT2D eigenvalue weighted by Crippen LogP contribution is 2.24. The number of aromatic nitrogens is 1. The number of ether oxygens (including phenoxy) is 2. The third kappa shape index (κ3) is 4.58. The minimum absolute atomic E-state index is 0.0506. The van der Waals surface area contributed by atoms with Crippen LogP contribution in [0.15, 0.2) is 18.5 Å². The zero-order valence-corrected chi connectivity index (χ0v) is 14.4. The van der Waals surface area contributed by atoms with Gasteiger partial charge in [0.05, 0.1) is 38.6 Å². The first-order valence-electron chi connectivity index (χ1n) is 8.15. The smallest absolute Gasteiger partial charge is 0.318 e. The minimum atomic E-state index is -0.150. The molecule has 1 aromatic heterocycles. The van der Waals surface area contributed by atoms with E-state index in [1.807, 2.05) is 17.9 Å². The van der Waals surface area contributed by atoms with Crippen molar-refractivity contribution in [2.24, 2.45) is 5.92 Å². The number of carbonyl (C=O) groups excluding carboxylic acids is 1. The molecule has 2 rings (SSSR count). The van der Waals surface area contributed by atoms with Crippen LogP contribution in [0.1, 0.15) is 38.8 Å². The van der Waals surface area contributed by atoms with Crippen molar-refractivity contribution in [1.29, 1.82) is 0 Å². The van der Waals surface area contributed by atoms with E-state index < -0.39 is 0 Å². The SMILES string of the molecule is COc1cnccc1C(C)NC(=O)N1CCOC[C@@H]1CC(C)C. The van der Waals surface area contributed by atoms with E-state index in [0.29, 0.717) is 31.4 Å². The number of nitrogens with one attached hydrogen (secondary N) is 1. The van der Waals surface area contributed by atoms with E-state index in [4.69, 9.17) is 9.47 Å². The van der Waals surface area contributed by atoms with Gasteiger partial charge in [0.25, 0.3) is 0 Å². The maximum atomic E-state index is 12.7. The van der Waals surface area contributed by atoms with Gasteiger partial charge in [-0.05, 0) is 25.3 Å². The topological polar surface area (TPSA) is 63.7 Å². The first-order valence-corrected chi connectivity index (χ1v) is 8.15. The molecule has 2 amide bonds. The molecule has 128 valence electrons. The molecule has 1 aromatic rings. The summed E-state index contributed by atoms with van der Waals surface area (Å²) in [6.45, 7) is 8.11. The summed E-state index contributed by atoms with van der Waals surface area (Å²) in [5.74, 6) is 1.20. The Morgan fingerprint density at radius 1 is 1.52 bits per heavy atom. The zero-order valence-electron chi connectivity index (χ0n) is 14.4. The van der Waals surface area contributed by atoms with Gasteiger partial charge in [0.1, 0.15) is 5.75 Å². The van der Waals surface area contributed by atoms with Crippen LogP contribution in [0.2, 0.25) is 0 Å². The molecule has 6 heteroatoms. The van der Waals surface area contributed by atoms with Gasteiger partial charge in [-0.3, -0.25) is 4.98 Å². The van der Waals surface area contributed by atoms with Gasteiger partial charge in [0.2, 0.25) is 0 Å². The third-order valence-corrected chi connectivity index (χ3v) is 4.07. The van der Waals surface area contributed by atoms with Crippen molar-refractivity contribution in [3.8, 4) is 5.75 Å². The number of hydrogen-bond donors (Lipinski definition) is 1. The van der Waals surface area contributed by atoms with Crippen LogP contribution in [0.5, 0.6) is 5.75 Å². The van der Waals surface area contributed by atoms with E-state index in [-0.39, 0.29) is 18.1 Å². The Bertz CT molecular complexity index is 522. The van der Waals surface area contributed by atoms with Crippen LogP contribution < -0.4 is 10.1 Å². The molecule has 1 unspecified atom stereocenters. The van der Waals surface area contributed by atoms with Crippen LogP contribution in [0.25, 0.3) is 0 Å². The van der Waals surface area contributed by atoms with Gasteiger partial charge in [-0.15, -0.1) is 0 Å². The molecule has 0 spiro atoms. The Labute approximate surface area is 138 Å². The van der Waals surface area contributed by atoms with E-state index in [0.717, 1.165) is 12.0 Å². The first-order chi connectivity index (χ1) is 11.0. The van der Waals surface area contributed by atoms with Gasteiger partial charge in [0.15, 0.2) is 0 Å². The third-order valence-electron chi connectivity index (χ3n) is 4.07. The summed E-state index contributed by atoms with van der Waals surface area (Å²) in [5.41, 5.74) is 0.921. The predicted molar refractivity (Wildman–Crippen MR) is 88.5 cm³/mol. The minimum Gasteiger partial charge on any atom is -0.495 e. The molecule has 1 aliphatic heterocycles. The molecule has 2 heterocycles. The lowest BCUT2D eigenvalue weighted by Gasteiger charge is -2.37. The van der Waals surface area contributed by atoms with Gasteiger partial charge in [-0.1, -0.05) is 13.8 Å². The second-order valence-corrected chi connectivity index (χ2v) is 6.34. The Morgan fingerprint density at radius 3 is 3.00 bits per heavy atom. The molecule has 1 aliphatic rings. The largest absolute Gasteiger partial charge is 0.495 e. The van der Waals surface area contributed by atoms with E-state index in [2.05, 4.69) is 24.1 Å². The van der Waals surface area contributed by atoms with Crippen LogP contribution in [0.4, 0.5) is 4.79 Å². The summed E-state index contributed by atoms with van der Waals surface area (Å²) < 4.78 is 10.9. The highest BCUT2D eigenvalue weighted by Gasteiger charge is 2.29. The van der Waals surface area contributed by atoms with Crippen LogP contribution in [0, 0.1) is 5.92 Å². The maximum Gasteiger partial charge on any atom is 0.318 e. The Morgan fingerprint density at radius 2 is 2.30 bits per heavy atom. The summed E-state index contributed by atoms with van der Waals surface area (Å²) in [6.07, 6.45) is 4.31. The van der Waals surface area contributed by atoms with Crippen molar-refractivity contribution >= 4 is 6.03 Å². The van der Waals surface area contributed by atoms with Crippen molar-refractivity contribution in [3.05, 3.63) is 24.0 Å². The van der Waals surface area contributed by atoms with Crippen molar-refractivity contribution in [2.75, 3.05) is 26.9 Å². The van der Waals surface area contributed by atoms with Gasteiger partial charge in [0, 0.05) is 18.3 Å². The van der Waals surface area contributed by atoms with Crippen LogP contribution in [-0.4, -0.2) is 48.8 Å². The van der Waals surface area contributed by atoms with E-state index >= 15 is 0 Å². The molecule has 0 saturated carbocycles. The predicted octanol–water partition coefficient (Wildman–Crippen LogP) is 2.61. The van der Waals surface area contributed by atoms with Crippen molar-refractivity contribution in [3.63, 3.8) is 0 Å². The molecule has 0 aromatic carbocycles. The summed E-state index contributed by atoms with van der Waals surface area (Å²) in [5, 5.41) is 3.07. The fourth-order valence-corrected chi connectivity index (χ4v) is 2.93. The zero-order chi connectivity index (χ0) is 16.8. The summed E-state index contributed by atoms with van der Waals surface area (Å²) in [4.78, 5) is 18.6. The summed E-state index contributed by atoms with van der Waals surface area (Å²) in [6, 6.07) is 1.80. The molecule has 2 atom stereocenters. The number of methoxy groups -OCH3 is 1. The van der Waals surface area contributed by atoms with Crippen molar-refractivity contribution < 1.29 is 14.3 Å². The molecule has 6 nitrogen and oxygen atoms in total. The fraction of sp³-hybridized carbons (Fsp3) is 0.647. The van der Waals surface area contributed by atoms with Crippen LogP contribution in [-0.2, 0) is 4.74 Å². The average molecular weight is 321 g/mol. The van der Waals surface area contributed by atoms with Crippen molar-refractivity contribution in [2.45, 2.75) is 39.3 Å². The van der Waals surface area contributed by atoms with E-state index in [9.17, 15) is 4.79 Å². The highest BCUT2D eigenvalue weighted by molar-refractivity contribution is 5.75. The molecule has 0 bridgehead atoms. The lowest BCUT2D eigenvalue weighted by atomic mass is 10.0. The quantitative estimate of drug-likeness (QED) is 0.905. The van der Waals surface area contributed by atoms with Crippen LogP contribution in [0.3, 0.4) is 0 Å². The lowest BCUT2D eigenvalue weighted by Crippen LogP contribution is -2.53. The second kappa shape index (κ2) is 8.15. The molecule has 1 fully saturated rings. The monoisotopic (exact) mass is 321 g/mol. The molecule has 0 radical (unpaired) electrons. The number of amides is 2. The second-order valence-electron chi connectivity index (χ2n) is 6.34. The molecule has 1 N–H and O–H groups in total. The fourth-order valence-electron chi connectivity index (χ4n) is 2.93.